The largest absolute Gasteiger partial charge is 0.478 e. The molecule has 0 radical (unpaired) electrons. The highest BCUT2D eigenvalue weighted by atomic mass is 32.1. The van der Waals surface area contributed by atoms with E-state index < -0.39 is 11.8 Å². The van der Waals surface area contributed by atoms with E-state index in [4.69, 9.17) is 0 Å². The fraction of sp³-hybridized carbons (Fsp3) is 0. The van der Waals surface area contributed by atoms with Gasteiger partial charge in [0.15, 0.2) is 0 Å². The minimum absolute atomic E-state index is 0.0797. The van der Waals surface area contributed by atoms with Gasteiger partial charge in [-0.05, 0) is 41.9 Å². The van der Waals surface area contributed by atoms with E-state index in [1.165, 1.54) is 35.8 Å². The van der Waals surface area contributed by atoms with Crippen LogP contribution in [0.2, 0.25) is 0 Å². The van der Waals surface area contributed by atoms with Gasteiger partial charge in [0, 0.05) is 16.8 Å². The van der Waals surface area contributed by atoms with Crippen LogP contribution < -0.4 is 0 Å². The second-order valence-electron chi connectivity index (χ2n) is 4.22. The summed E-state index contributed by atoms with van der Waals surface area (Å²) in [7, 11) is 0. The third-order valence-corrected chi connectivity index (χ3v) is 3.35. The van der Waals surface area contributed by atoms with Gasteiger partial charge in [-0.25, -0.2) is 14.2 Å². The summed E-state index contributed by atoms with van der Waals surface area (Å²) in [6.07, 6.45) is 3.29. The molecule has 104 valence electrons. The number of carboxylic acids is 1. The monoisotopic (exact) mass is 301 g/mol. The van der Waals surface area contributed by atoms with Crippen molar-refractivity contribution in [1.29, 1.82) is 0 Å². The van der Waals surface area contributed by atoms with Gasteiger partial charge < -0.3 is 5.11 Å². The summed E-state index contributed by atoms with van der Waals surface area (Å²) in [5, 5.41) is 15.3. The number of aromatic carboxylic acids is 1. The topological polar surface area (TPSA) is 76.0 Å². The fourth-order valence-corrected chi connectivity index (χ4v) is 2.32. The van der Waals surface area contributed by atoms with E-state index in [0.717, 1.165) is 0 Å². The van der Waals surface area contributed by atoms with Crippen molar-refractivity contribution in [3.63, 3.8) is 0 Å². The Kier molecular flexibility index (Phi) is 3.41. The Hall–Kier alpha value is -2.67. The molecular formula is C14H8FN3O2S. The van der Waals surface area contributed by atoms with Gasteiger partial charge in [0.1, 0.15) is 5.82 Å². The summed E-state index contributed by atoms with van der Waals surface area (Å²) < 4.78 is 17.0. The maximum Gasteiger partial charge on any atom is 0.336 e. The average Bonchev–Trinajstić information content (AvgIpc) is 2.97. The van der Waals surface area contributed by atoms with Gasteiger partial charge in [-0.1, -0.05) is 4.49 Å². The Morgan fingerprint density at radius 2 is 2.05 bits per heavy atom. The molecular weight excluding hydrogens is 293 g/mol. The van der Waals surface area contributed by atoms with Crippen LogP contribution >= 0.6 is 11.5 Å². The van der Waals surface area contributed by atoms with Crippen molar-refractivity contribution in [1.82, 2.24) is 14.6 Å². The first-order valence-electron chi connectivity index (χ1n) is 5.92. The molecule has 0 unspecified atom stereocenters. The molecule has 0 saturated carbocycles. The fourth-order valence-electron chi connectivity index (χ4n) is 1.90. The zero-order valence-corrected chi connectivity index (χ0v) is 11.3. The predicted octanol–water partition coefficient (Wildman–Crippen LogP) is 3.09. The quantitative estimate of drug-likeness (QED) is 0.804. The van der Waals surface area contributed by atoms with Crippen LogP contribution in [0.4, 0.5) is 4.39 Å². The molecule has 0 bridgehead atoms. The molecule has 3 rings (SSSR count). The summed E-state index contributed by atoms with van der Waals surface area (Å²) in [4.78, 5) is 15.6. The van der Waals surface area contributed by atoms with Crippen molar-refractivity contribution in [2.45, 2.75) is 0 Å². The van der Waals surface area contributed by atoms with Gasteiger partial charge in [-0.3, -0.25) is 0 Å². The first-order chi connectivity index (χ1) is 10.1. The number of nitrogens with zero attached hydrogens (tertiary/aromatic N) is 3. The standard InChI is InChI=1S/C14H8FN3O2S/c15-8-1-4-11-12(14(19)20)6-9(16-13(11)5-8)2-3-10-7-21-18-17-10/h1-7H,(H,19,20). The third-order valence-electron chi connectivity index (χ3n) is 2.82. The van der Waals surface area contributed by atoms with Gasteiger partial charge in [0.05, 0.1) is 22.5 Å². The highest BCUT2D eigenvalue weighted by Gasteiger charge is 2.11. The summed E-state index contributed by atoms with van der Waals surface area (Å²) >= 11 is 1.21. The number of rotatable bonds is 3. The van der Waals surface area contributed by atoms with Gasteiger partial charge >= 0.3 is 5.97 Å². The SMILES string of the molecule is O=C(O)c1cc(C=Cc2csnn2)nc2cc(F)ccc12. The summed E-state index contributed by atoms with van der Waals surface area (Å²) in [5.41, 5.74) is 1.44. The Bertz CT molecular complexity index is 847. The number of hydrogen-bond donors (Lipinski definition) is 1. The molecule has 21 heavy (non-hydrogen) atoms. The molecule has 0 amide bonds. The third kappa shape index (κ3) is 2.77. The van der Waals surface area contributed by atoms with Crippen LogP contribution in [-0.4, -0.2) is 25.6 Å². The van der Waals surface area contributed by atoms with Crippen LogP contribution in [0.1, 0.15) is 21.7 Å². The Balaban J connectivity index is 2.13. The molecule has 0 atom stereocenters. The van der Waals surface area contributed by atoms with Crippen LogP contribution in [-0.2, 0) is 0 Å². The molecule has 0 aliphatic carbocycles. The van der Waals surface area contributed by atoms with E-state index in [-0.39, 0.29) is 5.56 Å². The van der Waals surface area contributed by atoms with E-state index in [9.17, 15) is 14.3 Å². The molecule has 3 aromatic rings. The molecule has 1 N–H and O–H groups in total. The number of halogens is 1. The number of carboxylic acid groups (broad SMARTS) is 1. The number of hydrogen-bond acceptors (Lipinski definition) is 5. The highest BCUT2D eigenvalue weighted by molar-refractivity contribution is 7.03. The first-order valence-corrected chi connectivity index (χ1v) is 6.76. The van der Waals surface area contributed by atoms with Crippen LogP contribution in [0.15, 0.2) is 29.6 Å². The predicted molar refractivity (Wildman–Crippen MR) is 77.5 cm³/mol. The number of carbonyl (C=O) groups is 1. The lowest BCUT2D eigenvalue weighted by Gasteiger charge is -2.04. The van der Waals surface area contributed by atoms with Crippen molar-refractivity contribution in [3.8, 4) is 0 Å². The molecule has 0 aliphatic rings. The lowest BCUT2D eigenvalue weighted by molar-refractivity contribution is 0.0699. The summed E-state index contributed by atoms with van der Waals surface area (Å²) in [6.45, 7) is 0. The highest BCUT2D eigenvalue weighted by Crippen LogP contribution is 2.21. The molecule has 5 nitrogen and oxygen atoms in total. The van der Waals surface area contributed by atoms with Gasteiger partial charge in [-0.15, -0.1) is 5.10 Å². The smallest absolute Gasteiger partial charge is 0.336 e. The Morgan fingerprint density at radius 3 is 2.76 bits per heavy atom. The number of aromatic nitrogens is 3. The number of fused-ring (bicyclic) bond motifs is 1. The minimum atomic E-state index is -1.08. The van der Waals surface area contributed by atoms with Crippen molar-refractivity contribution in [2.24, 2.45) is 0 Å². The van der Waals surface area contributed by atoms with Crippen molar-refractivity contribution >= 4 is 40.6 Å². The molecule has 0 spiro atoms. The van der Waals surface area contributed by atoms with Gasteiger partial charge in [0.25, 0.3) is 0 Å². The maximum absolute atomic E-state index is 13.3. The van der Waals surface area contributed by atoms with E-state index >= 15 is 0 Å². The number of pyridine rings is 1. The summed E-state index contributed by atoms with van der Waals surface area (Å²) in [6, 6.07) is 5.29. The van der Waals surface area contributed by atoms with Crippen LogP contribution in [0.5, 0.6) is 0 Å². The minimum Gasteiger partial charge on any atom is -0.478 e. The van der Waals surface area contributed by atoms with Crippen molar-refractivity contribution in [3.05, 3.63) is 52.4 Å². The van der Waals surface area contributed by atoms with E-state index in [0.29, 0.717) is 22.3 Å². The van der Waals surface area contributed by atoms with E-state index in [1.807, 2.05) is 0 Å². The zero-order chi connectivity index (χ0) is 14.8. The number of benzene rings is 1. The van der Waals surface area contributed by atoms with Crippen LogP contribution in [0.3, 0.4) is 0 Å². The molecule has 7 heteroatoms. The van der Waals surface area contributed by atoms with Crippen molar-refractivity contribution < 1.29 is 14.3 Å². The van der Waals surface area contributed by atoms with Gasteiger partial charge in [0.2, 0.25) is 0 Å². The Labute approximate surface area is 122 Å². The lowest BCUT2D eigenvalue weighted by Crippen LogP contribution is -2.00. The molecule has 0 aliphatic heterocycles. The molecule has 0 saturated heterocycles. The maximum atomic E-state index is 13.3. The lowest BCUT2D eigenvalue weighted by atomic mass is 10.1. The van der Waals surface area contributed by atoms with E-state index in [1.54, 1.807) is 17.5 Å². The molecule has 1 aromatic carbocycles. The zero-order valence-electron chi connectivity index (χ0n) is 10.5. The second kappa shape index (κ2) is 5.37. The molecule has 0 fully saturated rings. The van der Waals surface area contributed by atoms with E-state index in [2.05, 4.69) is 14.6 Å². The second-order valence-corrected chi connectivity index (χ2v) is 4.83. The van der Waals surface area contributed by atoms with Crippen LogP contribution in [0, 0.1) is 5.82 Å². The first kappa shape index (κ1) is 13.3. The molecule has 2 heterocycles. The normalized spacial score (nSPS) is 11.3. The molecule has 2 aromatic heterocycles. The average molecular weight is 301 g/mol. The summed E-state index contributed by atoms with van der Waals surface area (Å²) in [5.74, 6) is -1.55. The Morgan fingerprint density at radius 1 is 1.24 bits per heavy atom. The van der Waals surface area contributed by atoms with Crippen molar-refractivity contribution in [2.75, 3.05) is 0 Å². The van der Waals surface area contributed by atoms with Gasteiger partial charge in [-0.2, -0.15) is 0 Å². The van der Waals surface area contributed by atoms with Crippen LogP contribution in [0.25, 0.3) is 23.1 Å².